The van der Waals surface area contributed by atoms with Gasteiger partial charge in [0.1, 0.15) is 6.61 Å². The van der Waals surface area contributed by atoms with Crippen LogP contribution in [0, 0.1) is 6.92 Å². The van der Waals surface area contributed by atoms with E-state index in [-0.39, 0.29) is 24.3 Å². The highest BCUT2D eigenvalue weighted by Crippen LogP contribution is 2.35. The molecule has 1 N–H and O–H groups in total. The summed E-state index contributed by atoms with van der Waals surface area (Å²) in [5.41, 5.74) is 2.03. The number of carbonyl (C=O) groups is 2. The van der Waals surface area contributed by atoms with Crippen LogP contribution in [0.15, 0.2) is 60.7 Å². The predicted octanol–water partition coefficient (Wildman–Crippen LogP) is 7.12. The van der Waals surface area contributed by atoms with Crippen molar-refractivity contribution in [1.29, 1.82) is 0 Å². The van der Waals surface area contributed by atoms with Crippen molar-refractivity contribution < 1.29 is 32.6 Å². The van der Waals surface area contributed by atoms with Crippen LogP contribution in [0.3, 0.4) is 0 Å². The molecule has 0 saturated carbocycles. The van der Waals surface area contributed by atoms with Gasteiger partial charge in [-0.2, -0.15) is 13.2 Å². The zero-order valence-electron chi connectivity index (χ0n) is 19.7. The Morgan fingerprint density at radius 3 is 2.31 bits per heavy atom. The lowest BCUT2D eigenvalue weighted by Gasteiger charge is -2.23. The summed E-state index contributed by atoms with van der Waals surface area (Å²) in [5.74, 6) is -1.23. The maximum absolute atomic E-state index is 13.6. The number of aryl methyl sites for hydroxylation is 1. The van der Waals surface area contributed by atoms with Crippen LogP contribution in [0.4, 0.5) is 18.0 Å². The second kappa shape index (κ2) is 11.5. The molecule has 3 aromatic rings. The van der Waals surface area contributed by atoms with Crippen molar-refractivity contribution in [1.82, 2.24) is 4.90 Å². The molecule has 0 aliphatic heterocycles. The summed E-state index contributed by atoms with van der Waals surface area (Å²) in [5, 5.41) is 9.69. The van der Waals surface area contributed by atoms with Crippen molar-refractivity contribution in [3.05, 3.63) is 93.5 Å². The predicted molar refractivity (Wildman–Crippen MR) is 131 cm³/mol. The Labute approximate surface area is 212 Å². The molecular formula is C27H25ClF3NO4. The molecule has 0 fully saturated rings. The third kappa shape index (κ3) is 7.24. The molecule has 0 heterocycles. The molecular weight excluding hydrogens is 495 g/mol. The molecule has 3 aromatic carbocycles. The number of hydrogen-bond donors (Lipinski definition) is 1. The van der Waals surface area contributed by atoms with Crippen LogP contribution in [-0.4, -0.2) is 28.6 Å². The van der Waals surface area contributed by atoms with E-state index < -0.39 is 30.2 Å². The van der Waals surface area contributed by atoms with Gasteiger partial charge in [0.25, 0.3) is 0 Å². The Morgan fingerprint density at radius 1 is 1.00 bits per heavy atom. The number of nitrogens with zero attached hydrogens (tertiary/aromatic N) is 1. The molecule has 0 saturated heterocycles. The smallest absolute Gasteiger partial charge is 0.416 e. The van der Waals surface area contributed by atoms with Gasteiger partial charge in [-0.1, -0.05) is 53.6 Å². The van der Waals surface area contributed by atoms with Crippen molar-refractivity contribution in [2.45, 2.75) is 39.6 Å². The standard InChI is InChI=1S/C27H25ClF3NO4/c1-3-32(26(35)36-16-18-5-7-23(28)8-6-18)15-21-10-17(2)4-9-24(21)20-11-19(13-25(33)34)12-22(14-20)27(29,30)31/h4-12,14H,3,13,15-16H2,1-2H3,(H,33,34). The SMILES string of the molecule is CCN(Cc1cc(C)ccc1-c1cc(CC(=O)O)cc(C(F)(F)F)c1)C(=O)OCc1ccc(Cl)cc1. The quantitative estimate of drug-likeness (QED) is 0.344. The highest BCUT2D eigenvalue weighted by Gasteiger charge is 2.31. The maximum atomic E-state index is 13.6. The number of benzene rings is 3. The molecule has 36 heavy (non-hydrogen) atoms. The van der Waals surface area contributed by atoms with Crippen LogP contribution < -0.4 is 0 Å². The number of carboxylic acids is 1. The third-order valence-corrected chi connectivity index (χ3v) is 5.78. The van der Waals surface area contributed by atoms with E-state index >= 15 is 0 Å². The van der Waals surface area contributed by atoms with Crippen molar-refractivity contribution in [3.8, 4) is 11.1 Å². The summed E-state index contributed by atoms with van der Waals surface area (Å²) in [6.45, 7) is 4.05. The lowest BCUT2D eigenvalue weighted by Crippen LogP contribution is -2.31. The van der Waals surface area contributed by atoms with Crippen molar-refractivity contribution >= 4 is 23.7 Å². The lowest BCUT2D eigenvalue weighted by atomic mass is 9.93. The minimum atomic E-state index is -4.64. The number of ether oxygens (including phenoxy) is 1. The number of amides is 1. The van der Waals surface area contributed by atoms with Gasteiger partial charge in [-0.05, 0) is 65.9 Å². The van der Waals surface area contributed by atoms with E-state index in [0.717, 1.165) is 23.3 Å². The van der Waals surface area contributed by atoms with Gasteiger partial charge >= 0.3 is 18.2 Å². The highest BCUT2D eigenvalue weighted by molar-refractivity contribution is 6.30. The van der Waals surface area contributed by atoms with Gasteiger partial charge < -0.3 is 14.7 Å². The summed E-state index contributed by atoms with van der Waals surface area (Å²) in [6.07, 6.45) is -5.76. The molecule has 0 aliphatic rings. The van der Waals surface area contributed by atoms with Crippen LogP contribution in [0.1, 0.15) is 34.7 Å². The number of hydrogen-bond acceptors (Lipinski definition) is 3. The summed E-state index contributed by atoms with van der Waals surface area (Å²) >= 11 is 5.88. The monoisotopic (exact) mass is 519 g/mol. The van der Waals surface area contributed by atoms with E-state index in [0.29, 0.717) is 22.7 Å². The average molecular weight is 520 g/mol. The summed E-state index contributed by atoms with van der Waals surface area (Å²) in [7, 11) is 0. The van der Waals surface area contributed by atoms with E-state index in [1.165, 1.54) is 11.0 Å². The van der Waals surface area contributed by atoms with E-state index in [2.05, 4.69) is 0 Å². The fourth-order valence-corrected chi connectivity index (χ4v) is 3.88. The second-order valence-corrected chi connectivity index (χ2v) is 8.78. The van der Waals surface area contributed by atoms with Gasteiger partial charge in [0.2, 0.25) is 0 Å². The Morgan fingerprint density at radius 2 is 1.69 bits per heavy atom. The van der Waals surface area contributed by atoms with Gasteiger partial charge in [0.15, 0.2) is 0 Å². The molecule has 0 bridgehead atoms. The Kier molecular flexibility index (Phi) is 8.63. The van der Waals surface area contributed by atoms with Gasteiger partial charge in [-0.3, -0.25) is 4.79 Å². The minimum Gasteiger partial charge on any atom is -0.481 e. The average Bonchev–Trinajstić information content (AvgIpc) is 2.81. The van der Waals surface area contributed by atoms with Gasteiger partial charge in [0.05, 0.1) is 12.0 Å². The fraction of sp³-hybridized carbons (Fsp3) is 0.259. The van der Waals surface area contributed by atoms with E-state index in [4.69, 9.17) is 21.4 Å². The molecule has 190 valence electrons. The number of halogens is 4. The first-order valence-corrected chi connectivity index (χ1v) is 11.5. The molecule has 0 atom stereocenters. The molecule has 0 spiro atoms. The van der Waals surface area contributed by atoms with Gasteiger partial charge in [-0.25, -0.2) is 4.79 Å². The zero-order valence-corrected chi connectivity index (χ0v) is 20.5. The van der Waals surface area contributed by atoms with E-state index in [1.54, 1.807) is 49.4 Å². The summed E-state index contributed by atoms with van der Waals surface area (Å²) < 4.78 is 46.1. The first-order valence-electron chi connectivity index (χ1n) is 11.1. The Bertz CT molecular complexity index is 1240. The number of rotatable bonds is 8. The molecule has 9 heteroatoms. The van der Waals surface area contributed by atoms with Gasteiger partial charge in [-0.15, -0.1) is 0 Å². The zero-order chi connectivity index (χ0) is 26.5. The lowest BCUT2D eigenvalue weighted by molar-refractivity contribution is -0.138. The van der Waals surface area contributed by atoms with Crippen LogP contribution in [-0.2, 0) is 35.3 Å². The Hall–Kier alpha value is -3.52. The summed E-state index contributed by atoms with van der Waals surface area (Å²) in [4.78, 5) is 25.4. The van der Waals surface area contributed by atoms with Crippen molar-refractivity contribution in [3.63, 3.8) is 0 Å². The topological polar surface area (TPSA) is 66.8 Å². The number of aliphatic carboxylic acids is 1. The third-order valence-electron chi connectivity index (χ3n) is 5.52. The maximum Gasteiger partial charge on any atom is 0.416 e. The van der Waals surface area contributed by atoms with Gasteiger partial charge in [0, 0.05) is 18.1 Å². The fourth-order valence-electron chi connectivity index (χ4n) is 3.75. The van der Waals surface area contributed by atoms with Crippen molar-refractivity contribution in [2.75, 3.05) is 6.54 Å². The highest BCUT2D eigenvalue weighted by atomic mass is 35.5. The number of carboxylic acid groups (broad SMARTS) is 1. The largest absolute Gasteiger partial charge is 0.481 e. The minimum absolute atomic E-state index is 0.0357. The number of carbonyl (C=O) groups excluding carboxylic acids is 1. The first-order chi connectivity index (χ1) is 17.0. The second-order valence-electron chi connectivity index (χ2n) is 8.34. The molecule has 0 aromatic heterocycles. The number of alkyl halides is 3. The molecule has 0 unspecified atom stereocenters. The van der Waals surface area contributed by atoms with Crippen LogP contribution in [0.25, 0.3) is 11.1 Å². The van der Waals surface area contributed by atoms with Crippen LogP contribution in [0.2, 0.25) is 5.02 Å². The Balaban J connectivity index is 1.91. The molecule has 0 aliphatic carbocycles. The van der Waals surface area contributed by atoms with Crippen LogP contribution >= 0.6 is 11.6 Å². The molecule has 3 rings (SSSR count). The molecule has 1 amide bonds. The molecule has 0 radical (unpaired) electrons. The van der Waals surface area contributed by atoms with E-state index in [9.17, 15) is 22.8 Å². The normalized spacial score (nSPS) is 11.3. The first kappa shape index (κ1) is 27.1. The van der Waals surface area contributed by atoms with Crippen molar-refractivity contribution in [2.24, 2.45) is 0 Å². The van der Waals surface area contributed by atoms with Crippen LogP contribution in [0.5, 0.6) is 0 Å². The summed E-state index contributed by atoms with van der Waals surface area (Å²) in [6, 6.07) is 15.4. The van der Waals surface area contributed by atoms with E-state index in [1.807, 2.05) is 6.92 Å². The molecule has 5 nitrogen and oxygen atoms in total.